The fraction of sp³-hybridized carbons (Fsp3) is 0.538. The summed E-state index contributed by atoms with van der Waals surface area (Å²) in [6, 6.07) is 8.26. The predicted molar refractivity (Wildman–Crippen MR) is 74.1 cm³/mol. The zero-order valence-electron chi connectivity index (χ0n) is 9.55. The van der Waals surface area contributed by atoms with E-state index in [1.807, 2.05) is 12.1 Å². The Labute approximate surface area is 111 Å². The van der Waals surface area contributed by atoms with Gasteiger partial charge in [0.2, 0.25) is 0 Å². The summed E-state index contributed by atoms with van der Waals surface area (Å²) in [7, 11) is 0. The average Bonchev–Trinajstić information content (AvgIpc) is 2.80. The third-order valence-electron chi connectivity index (χ3n) is 3.07. The summed E-state index contributed by atoms with van der Waals surface area (Å²) in [5, 5.41) is 0. The van der Waals surface area contributed by atoms with Crippen molar-refractivity contribution >= 4 is 22.6 Å². The van der Waals surface area contributed by atoms with Crippen molar-refractivity contribution in [3.63, 3.8) is 0 Å². The topological polar surface area (TPSA) is 13.7 Å². The number of rotatable bonds is 5. The van der Waals surface area contributed by atoms with Gasteiger partial charge in [0.25, 0.3) is 0 Å². The van der Waals surface area contributed by atoms with Gasteiger partial charge in [-0.3, -0.25) is 0 Å². The molecule has 2 rings (SSSR count). The van der Waals surface area contributed by atoms with Crippen LogP contribution in [0.15, 0.2) is 24.3 Å². The van der Waals surface area contributed by atoms with Crippen LogP contribution in [0, 0.1) is 3.57 Å². The molecule has 3 heteroatoms. The van der Waals surface area contributed by atoms with Crippen molar-refractivity contribution in [1.29, 1.82) is 0 Å². The minimum absolute atomic E-state index is 0.851. The van der Waals surface area contributed by atoms with Crippen LogP contribution >= 0.6 is 22.6 Å². The standard InChI is InChI=1S/C13H18INO/c14-12-4-6-13(7-5-12)16-11-3-10-15-8-1-2-9-15/h4-7H,1-3,8-11H2/p+1. The average molecular weight is 332 g/mol. The van der Waals surface area contributed by atoms with Gasteiger partial charge in [-0.25, -0.2) is 0 Å². The lowest BCUT2D eigenvalue weighted by atomic mass is 10.3. The van der Waals surface area contributed by atoms with Crippen molar-refractivity contribution in [2.24, 2.45) is 0 Å². The summed E-state index contributed by atoms with van der Waals surface area (Å²) in [5.74, 6) is 0.997. The molecule has 2 nitrogen and oxygen atoms in total. The Morgan fingerprint density at radius 3 is 2.50 bits per heavy atom. The van der Waals surface area contributed by atoms with Gasteiger partial charge in [-0.1, -0.05) is 0 Å². The molecule has 0 aliphatic carbocycles. The highest BCUT2D eigenvalue weighted by molar-refractivity contribution is 14.1. The van der Waals surface area contributed by atoms with E-state index in [0.717, 1.165) is 12.4 Å². The van der Waals surface area contributed by atoms with Crippen LogP contribution in [0.1, 0.15) is 19.3 Å². The molecular weight excluding hydrogens is 313 g/mol. The number of halogens is 1. The van der Waals surface area contributed by atoms with Gasteiger partial charge in [0.15, 0.2) is 0 Å². The zero-order chi connectivity index (χ0) is 11.2. The molecule has 16 heavy (non-hydrogen) atoms. The normalized spacial score (nSPS) is 16.6. The number of hydrogen-bond acceptors (Lipinski definition) is 1. The molecule has 0 spiro atoms. The van der Waals surface area contributed by atoms with Gasteiger partial charge in [-0.05, 0) is 46.9 Å². The summed E-state index contributed by atoms with van der Waals surface area (Å²) in [6.45, 7) is 4.85. The van der Waals surface area contributed by atoms with Crippen LogP contribution < -0.4 is 9.64 Å². The molecule has 1 heterocycles. The van der Waals surface area contributed by atoms with Crippen molar-refractivity contribution < 1.29 is 9.64 Å². The van der Waals surface area contributed by atoms with Crippen LogP contribution in [0.25, 0.3) is 0 Å². The molecule has 0 amide bonds. The number of nitrogens with one attached hydrogen (secondary N) is 1. The maximum atomic E-state index is 5.70. The molecule has 0 bridgehead atoms. The van der Waals surface area contributed by atoms with Crippen LogP contribution in [0.3, 0.4) is 0 Å². The first-order chi connectivity index (χ1) is 7.84. The molecule has 0 saturated carbocycles. The molecule has 1 aromatic carbocycles. The van der Waals surface area contributed by atoms with E-state index in [1.165, 1.54) is 42.5 Å². The second-order valence-corrected chi connectivity index (χ2v) is 5.61. The first kappa shape index (κ1) is 12.2. The second-order valence-electron chi connectivity index (χ2n) is 4.36. The third-order valence-corrected chi connectivity index (χ3v) is 3.79. The highest BCUT2D eigenvalue weighted by Crippen LogP contribution is 2.13. The van der Waals surface area contributed by atoms with Gasteiger partial charge in [0.05, 0.1) is 26.2 Å². The Bertz CT molecular complexity index is 306. The fourth-order valence-electron chi connectivity index (χ4n) is 2.17. The molecule has 1 aliphatic heterocycles. The molecule has 0 aromatic heterocycles. The van der Waals surface area contributed by atoms with Crippen molar-refractivity contribution in [3.05, 3.63) is 27.8 Å². The number of likely N-dealkylation sites (tertiary alicyclic amines) is 1. The molecule has 1 fully saturated rings. The van der Waals surface area contributed by atoms with Gasteiger partial charge in [0.1, 0.15) is 5.75 Å². The monoisotopic (exact) mass is 332 g/mol. The highest BCUT2D eigenvalue weighted by Gasteiger charge is 2.13. The number of hydrogen-bond donors (Lipinski definition) is 1. The molecule has 1 N–H and O–H groups in total. The Hall–Kier alpha value is -0.290. The Morgan fingerprint density at radius 2 is 1.81 bits per heavy atom. The lowest BCUT2D eigenvalue weighted by Crippen LogP contribution is -3.10. The van der Waals surface area contributed by atoms with Crippen LogP contribution in [-0.2, 0) is 0 Å². The first-order valence-corrected chi connectivity index (χ1v) is 7.14. The van der Waals surface area contributed by atoms with E-state index in [-0.39, 0.29) is 0 Å². The lowest BCUT2D eigenvalue weighted by Gasteiger charge is -2.12. The summed E-state index contributed by atoms with van der Waals surface area (Å²) in [4.78, 5) is 1.76. The molecule has 0 atom stereocenters. The predicted octanol–water partition coefficient (Wildman–Crippen LogP) is 1.74. The van der Waals surface area contributed by atoms with Crippen molar-refractivity contribution in [2.45, 2.75) is 19.3 Å². The maximum absolute atomic E-state index is 5.70. The smallest absolute Gasteiger partial charge is 0.119 e. The summed E-state index contributed by atoms with van der Waals surface area (Å²) >= 11 is 2.31. The Balaban J connectivity index is 1.62. The Kier molecular flexibility index (Phi) is 4.91. The molecule has 1 aliphatic rings. The van der Waals surface area contributed by atoms with E-state index in [1.54, 1.807) is 4.90 Å². The van der Waals surface area contributed by atoms with E-state index in [0.29, 0.717) is 0 Å². The fourth-order valence-corrected chi connectivity index (χ4v) is 2.53. The van der Waals surface area contributed by atoms with Crippen molar-refractivity contribution in [2.75, 3.05) is 26.2 Å². The van der Waals surface area contributed by atoms with Crippen molar-refractivity contribution in [3.8, 4) is 5.75 Å². The number of quaternary nitrogens is 1. The van der Waals surface area contributed by atoms with E-state index in [2.05, 4.69) is 34.7 Å². The second kappa shape index (κ2) is 6.45. The largest absolute Gasteiger partial charge is 0.493 e. The zero-order valence-corrected chi connectivity index (χ0v) is 11.7. The van der Waals surface area contributed by atoms with Crippen molar-refractivity contribution in [1.82, 2.24) is 0 Å². The molecule has 1 aromatic rings. The van der Waals surface area contributed by atoms with Crippen LogP contribution in [-0.4, -0.2) is 26.2 Å². The Morgan fingerprint density at radius 1 is 1.12 bits per heavy atom. The quantitative estimate of drug-likeness (QED) is 0.641. The number of benzene rings is 1. The molecule has 0 unspecified atom stereocenters. The van der Waals surface area contributed by atoms with Crippen LogP contribution in [0.2, 0.25) is 0 Å². The van der Waals surface area contributed by atoms with Crippen LogP contribution in [0.4, 0.5) is 0 Å². The molecular formula is C13H19INO+. The summed E-state index contributed by atoms with van der Waals surface area (Å²) in [5.41, 5.74) is 0. The van der Waals surface area contributed by atoms with E-state index in [4.69, 9.17) is 4.74 Å². The molecule has 88 valence electrons. The summed E-state index contributed by atoms with van der Waals surface area (Å²) < 4.78 is 6.96. The minimum Gasteiger partial charge on any atom is -0.493 e. The van der Waals surface area contributed by atoms with Gasteiger partial charge in [-0.2, -0.15) is 0 Å². The SMILES string of the molecule is Ic1ccc(OCCC[NH+]2CCCC2)cc1. The highest BCUT2D eigenvalue weighted by atomic mass is 127. The van der Waals surface area contributed by atoms with E-state index in [9.17, 15) is 0 Å². The van der Waals surface area contributed by atoms with Gasteiger partial charge in [0, 0.05) is 22.8 Å². The van der Waals surface area contributed by atoms with Gasteiger partial charge < -0.3 is 9.64 Å². The molecule has 0 radical (unpaired) electrons. The van der Waals surface area contributed by atoms with Gasteiger partial charge in [-0.15, -0.1) is 0 Å². The number of ether oxygens (including phenoxy) is 1. The van der Waals surface area contributed by atoms with Crippen LogP contribution in [0.5, 0.6) is 5.75 Å². The summed E-state index contributed by atoms with van der Waals surface area (Å²) in [6.07, 6.45) is 3.99. The third kappa shape index (κ3) is 3.94. The van der Waals surface area contributed by atoms with E-state index >= 15 is 0 Å². The molecule has 1 saturated heterocycles. The van der Waals surface area contributed by atoms with E-state index < -0.39 is 0 Å². The lowest BCUT2D eigenvalue weighted by molar-refractivity contribution is -0.887. The minimum atomic E-state index is 0.851. The maximum Gasteiger partial charge on any atom is 0.119 e. The van der Waals surface area contributed by atoms with Gasteiger partial charge >= 0.3 is 0 Å². The first-order valence-electron chi connectivity index (χ1n) is 6.06.